The van der Waals surface area contributed by atoms with E-state index in [-0.39, 0.29) is 0 Å². The fourth-order valence-corrected chi connectivity index (χ4v) is 2.35. The first-order valence-corrected chi connectivity index (χ1v) is 6.69. The number of aromatic nitrogens is 1. The van der Waals surface area contributed by atoms with E-state index < -0.39 is 0 Å². The normalized spacial score (nSPS) is 10.7. The highest BCUT2D eigenvalue weighted by Gasteiger charge is 2.06. The molecule has 0 radical (unpaired) electrons. The van der Waals surface area contributed by atoms with E-state index >= 15 is 0 Å². The van der Waals surface area contributed by atoms with Crippen molar-refractivity contribution in [2.24, 2.45) is 0 Å². The number of nitrogens with two attached hydrogens (primary N) is 1. The molecule has 0 saturated carbocycles. The number of nitrogens with one attached hydrogen (secondary N) is 1. The highest BCUT2D eigenvalue weighted by molar-refractivity contribution is 6.30. The molecule has 0 spiro atoms. The minimum absolute atomic E-state index is 0.675. The first kappa shape index (κ1) is 12.8. The highest BCUT2D eigenvalue weighted by Crippen LogP contribution is 2.30. The van der Waals surface area contributed by atoms with E-state index in [2.05, 4.69) is 10.3 Å². The van der Waals surface area contributed by atoms with E-state index in [4.69, 9.17) is 17.3 Å². The van der Waals surface area contributed by atoms with E-state index in [1.807, 2.05) is 49.4 Å². The zero-order valence-electron chi connectivity index (χ0n) is 11.0. The van der Waals surface area contributed by atoms with E-state index in [1.165, 1.54) is 0 Å². The topological polar surface area (TPSA) is 50.9 Å². The van der Waals surface area contributed by atoms with E-state index in [9.17, 15) is 0 Å². The van der Waals surface area contributed by atoms with Crippen LogP contribution in [0.2, 0.25) is 5.02 Å². The Hall–Kier alpha value is -2.26. The van der Waals surface area contributed by atoms with Crippen molar-refractivity contribution in [3.63, 3.8) is 0 Å². The van der Waals surface area contributed by atoms with Crippen LogP contribution in [0.4, 0.5) is 17.1 Å². The van der Waals surface area contributed by atoms with Gasteiger partial charge in [-0.2, -0.15) is 0 Å². The third-order valence-electron chi connectivity index (χ3n) is 3.27. The SMILES string of the molecule is Cc1ccc(Cl)cc1Nc1ccnc2c(N)cccc12. The van der Waals surface area contributed by atoms with Gasteiger partial charge in [-0.3, -0.25) is 4.98 Å². The molecule has 3 nitrogen and oxygen atoms in total. The van der Waals surface area contributed by atoms with Gasteiger partial charge < -0.3 is 11.1 Å². The van der Waals surface area contributed by atoms with E-state index in [0.717, 1.165) is 27.8 Å². The number of rotatable bonds is 2. The number of anilines is 3. The van der Waals surface area contributed by atoms with Crippen LogP contribution in [0, 0.1) is 6.92 Å². The van der Waals surface area contributed by atoms with Crippen molar-refractivity contribution in [1.82, 2.24) is 4.98 Å². The van der Waals surface area contributed by atoms with Crippen LogP contribution in [-0.4, -0.2) is 4.98 Å². The molecule has 3 N–H and O–H groups in total. The van der Waals surface area contributed by atoms with Crippen molar-refractivity contribution in [1.29, 1.82) is 0 Å². The van der Waals surface area contributed by atoms with Crippen molar-refractivity contribution >= 4 is 39.6 Å². The summed E-state index contributed by atoms with van der Waals surface area (Å²) in [6.45, 7) is 2.04. The second kappa shape index (κ2) is 5.02. The fraction of sp³-hybridized carbons (Fsp3) is 0.0625. The number of benzene rings is 2. The molecule has 0 aliphatic heterocycles. The Kier molecular flexibility index (Phi) is 3.20. The maximum atomic E-state index is 6.05. The highest BCUT2D eigenvalue weighted by atomic mass is 35.5. The van der Waals surface area contributed by atoms with Crippen LogP contribution < -0.4 is 11.1 Å². The Bertz CT molecular complexity index is 784. The standard InChI is InChI=1S/C16H14ClN3/c1-10-5-6-11(17)9-15(10)20-14-7-8-19-16-12(14)3-2-4-13(16)18/h2-9H,18H2,1H3,(H,19,20). The summed E-state index contributed by atoms with van der Waals surface area (Å²) in [5.41, 5.74) is 10.5. The Morgan fingerprint density at radius 1 is 1.10 bits per heavy atom. The molecule has 0 fully saturated rings. The first-order valence-electron chi connectivity index (χ1n) is 6.31. The number of hydrogen-bond donors (Lipinski definition) is 2. The quantitative estimate of drug-likeness (QED) is 0.680. The predicted molar refractivity (Wildman–Crippen MR) is 85.6 cm³/mol. The molecule has 3 rings (SSSR count). The van der Waals surface area contributed by atoms with Crippen molar-refractivity contribution < 1.29 is 0 Å². The van der Waals surface area contributed by atoms with Gasteiger partial charge in [0.2, 0.25) is 0 Å². The lowest BCUT2D eigenvalue weighted by Crippen LogP contribution is -1.96. The largest absolute Gasteiger partial charge is 0.397 e. The summed E-state index contributed by atoms with van der Waals surface area (Å²) in [6, 6.07) is 13.5. The molecule has 20 heavy (non-hydrogen) atoms. The van der Waals surface area contributed by atoms with Crippen molar-refractivity contribution in [2.75, 3.05) is 11.1 Å². The van der Waals surface area contributed by atoms with Gasteiger partial charge in [0.25, 0.3) is 0 Å². The molecular formula is C16H14ClN3. The molecule has 0 amide bonds. The average molecular weight is 284 g/mol. The minimum atomic E-state index is 0.675. The molecular weight excluding hydrogens is 270 g/mol. The van der Waals surface area contributed by atoms with Gasteiger partial charge in [0.05, 0.1) is 11.2 Å². The Morgan fingerprint density at radius 2 is 1.95 bits per heavy atom. The number of para-hydroxylation sites is 1. The third-order valence-corrected chi connectivity index (χ3v) is 3.51. The Balaban J connectivity index is 2.11. The maximum absolute atomic E-state index is 6.05. The molecule has 0 aliphatic carbocycles. The van der Waals surface area contributed by atoms with Crippen LogP contribution in [0.25, 0.3) is 10.9 Å². The van der Waals surface area contributed by atoms with Crippen LogP contribution in [0.1, 0.15) is 5.56 Å². The van der Waals surface area contributed by atoms with Gasteiger partial charge in [0.15, 0.2) is 0 Å². The van der Waals surface area contributed by atoms with Crippen LogP contribution in [0.15, 0.2) is 48.7 Å². The number of nitrogen functional groups attached to an aromatic ring is 1. The second-order valence-corrected chi connectivity index (χ2v) is 5.12. The van der Waals surface area contributed by atoms with Crippen LogP contribution in [0.3, 0.4) is 0 Å². The molecule has 1 heterocycles. The lowest BCUT2D eigenvalue weighted by Gasteiger charge is -2.12. The molecule has 3 aromatic rings. The zero-order valence-corrected chi connectivity index (χ0v) is 11.8. The van der Waals surface area contributed by atoms with Crippen LogP contribution >= 0.6 is 11.6 Å². The fourth-order valence-electron chi connectivity index (χ4n) is 2.18. The lowest BCUT2D eigenvalue weighted by atomic mass is 10.1. The van der Waals surface area contributed by atoms with Crippen molar-refractivity contribution in [2.45, 2.75) is 6.92 Å². The second-order valence-electron chi connectivity index (χ2n) is 4.69. The smallest absolute Gasteiger partial charge is 0.0951 e. The number of nitrogens with zero attached hydrogens (tertiary/aromatic N) is 1. The Morgan fingerprint density at radius 3 is 2.80 bits per heavy atom. The molecule has 4 heteroatoms. The van der Waals surface area contributed by atoms with Gasteiger partial charge in [-0.15, -0.1) is 0 Å². The molecule has 2 aromatic carbocycles. The molecule has 0 aliphatic rings. The summed E-state index contributed by atoms with van der Waals surface area (Å²) in [6.07, 6.45) is 1.75. The monoisotopic (exact) mass is 283 g/mol. The minimum Gasteiger partial charge on any atom is -0.397 e. The van der Waals surface area contributed by atoms with Crippen molar-refractivity contribution in [3.8, 4) is 0 Å². The van der Waals surface area contributed by atoms with Gasteiger partial charge in [-0.1, -0.05) is 29.8 Å². The molecule has 1 aromatic heterocycles. The van der Waals surface area contributed by atoms with Gasteiger partial charge in [-0.25, -0.2) is 0 Å². The number of hydrogen-bond acceptors (Lipinski definition) is 3. The van der Waals surface area contributed by atoms with Gasteiger partial charge in [-0.05, 0) is 36.8 Å². The zero-order chi connectivity index (χ0) is 14.1. The van der Waals surface area contributed by atoms with E-state index in [0.29, 0.717) is 10.7 Å². The van der Waals surface area contributed by atoms with Gasteiger partial charge in [0, 0.05) is 28.0 Å². The first-order chi connectivity index (χ1) is 9.65. The molecule has 0 bridgehead atoms. The van der Waals surface area contributed by atoms with Gasteiger partial charge >= 0.3 is 0 Å². The molecule has 0 atom stereocenters. The molecule has 0 saturated heterocycles. The number of halogens is 1. The van der Waals surface area contributed by atoms with Crippen molar-refractivity contribution in [3.05, 3.63) is 59.2 Å². The number of fused-ring (bicyclic) bond motifs is 1. The molecule has 0 unspecified atom stereocenters. The van der Waals surface area contributed by atoms with Crippen LogP contribution in [-0.2, 0) is 0 Å². The number of pyridine rings is 1. The summed E-state index contributed by atoms with van der Waals surface area (Å²) in [4.78, 5) is 4.33. The third kappa shape index (κ3) is 2.28. The summed E-state index contributed by atoms with van der Waals surface area (Å²) in [5.74, 6) is 0. The average Bonchev–Trinajstić information content (AvgIpc) is 2.44. The summed E-state index contributed by atoms with van der Waals surface area (Å²) >= 11 is 6.05. The van der Waals surface area contributed by atoms with Gasteiger partial charge in [0.1, 0.15) is 0 Å². The lowest BCUT2D eigenvalue weighted by molar-refractivity contribution is 1.39. The summed E-state index contributed by atoms with van der Waals surface area (Å²) < 4.78 is 0. The Labute approximate surface area is 122 Å². The summed E-state index contributed by atoms with van der Waals surface area (Å²) in [5, 5.41) is 5.10. The maximum Gasteiger partial charge on any atom is 0.0951 e. The molecule has 100 valence electrons. The van der Waals surface area contributed by atoms with Crippen LogP contribution in [0.5, 0.6) is 0 Å². The predicted octanol–water partition coefficient (Wildman–Crippen LogP) is 4.52. The summed E-state index contributed by atoms with van der Waals surface area (Å²) in [7, 11) is 0. The van der Waals surface area contributed by atoms with E-state index in [1.54, 1.807) is 6.20 Å². The number of aryl methyl sites for hydroxylation is 1.